The zero-order valence-corrected chi connectivity index (χ0v) is 9.90. The highest BCUT2D eigenvalue weighted by Gasteiger charge is 2.32. The molecule has 0 aromatic heterocycles. The molecule has 2 rings (SSSR count). The first-order chi connectivity index (χ1) is 7.27. The van der Waals surface area contributed by atoms with Crippen molar-refractivity contribution in [3.63, 3.8) is 0 Å². The van der Waals surface area contributed by atoms with Gasteiger partial charge >= 0.3 is 0 Å². The third-order valence-corrected chi connectivity index (χ3v) is 4.37. The number of benzene rings is 1. The van der Waals surface area contributed by atoms with Gasteiger partial charge in [-0.1, -0.05) is 26.0 Å². The molecule has 0 radical (unpaired) electrons. The summed E-state index contributed by atoms with van der Waals surface area (Å²) in [5.74, 6) is -0.0728. The van der Waals surface area contributed by atoms with Crippen molar-refractivity contribution in [1.29, 1.82) is 0 Å². The standard InChI is InChI=1S/C12H16FNS/c1-3-10-11(14-4-2)8-6-5-7-9(13)12(8)15-10/h5-7,10-11,14H,3-4H2,1-2H3. The number of hydrogen-bond acceptors (Lipinski definition) is 2. The van der Waals surface area contributed by atoms with Crippen molar-refractivity contribution in [3.05, 3.63) is 29.6 Å². The van der Waals surface area contributed by atoms with Crippen molar-refractivity contribution in [2.75, 3.05) is 6.54 Å². The molecule has 2 unspecified atom stereocenters. The van der Waals surface area contributed by atoms with Gasteiger partial charge in [0.25, 0.3) is 0 Å². The lowest BCUT2D eigenvalue weighted by molar-refractivity contribution is 0.521. The molecule has 0 aliphatic carbocycles. The smallest absolute Gasteiger partial charge is 0.137 e. The lowest BCUT2D eigenvalue weighted by Crippen LogP contribution is -2.26. The molecular weight excluding hydrogens is 209 g/mol. The van der Waals surface area contributed by atoms with Gasteiger partial charge in [0, 0.05) is 16.2 Å². The minimum absolute atomic E-state index is 0.0728. The molecule has 0 fully saturated rings. The van der Waals surface area contributed by atoms with E-state index in [1.54, 1.807) is 23.9 Å². The first-order valence-electron chi connectivity index (χ1n) is 5.46. The van der Waals surface area contributed by atoms with Crippen molar-refractivity contribution >= 4 is 11.8 Å². The minimum atomic E-state index is -0.0728. The fraction of sp³-hybridized carbons (Fsp3) is 0.500. The van der Waals surface area contributed by atoms with Gasteiger partial charge in [-0.25, -0.2) is 4.39 Å². The van der Waals surface area contributed by atoms with Crippen LogP contribution in [0.5, 0.6) is 0 Å². The first kappa shape index (κ1) is 11.0. The Bertz CT molecular complexity index is 353. The predicted molar refractivity (Wildman–Crippen MR) is 62.8 cm³/mol. The second kappa shape index (κ2) is 4.54. The van der Waals surface area contributed by atoms with Gasteiger partial charge in [-0.15, -0.1) is 11.8 Å². The molecule has 1 aromatic carbocycles. The number of nitrogens with one attached hydrogen (secondary N) is 1. The molecular formula is C12H16FNS. The van der Waals surface area contributed by atoms with Crippen molar-refractivity contribution < 1.29 is 4.39 Å². The van der Waals surface area contributed by atoms with E-state index in [0.717, 1.165) is 23.4 Å². The molecule has 1 nitrogen and oxygen atoms in total. The van der Waals surface area contributed by atoms with Crippen LogP contribution in [0.25, 0.3) is 0 Å². The van der Waals surface area contributed by atoms with Gasteiger partial charge in [0.2, 0.25) is 0 Å². The van der Waals surface area contributed by atoms with Gasteiger partial charge < -0.3 is 5.32 Å². The average Bonchev–Trinajstić information content (AvgIpc) is 2.59. The van der Waals surface area contributed by atoms with Crippen LogP contribution in [0.4, 0.5) is 4.39 Å². The highest BCUT2D eigenvalue weighted by molar-refractivity contribution is 8.00. The molecule has 1 N–H and O–H groups in total. The molecule has 15 heavy (non-hydrogen) atoms. The molecule has 0 saturated heterocycles. The second-order valence-corrected chi connectivity index (χ2v) is 5.01. The SMILES string of the molecule is CCNC1c2cccc(F)c2SC1CC. The van der Waals surface area contributed by atoms with Crippen molar-refractivity contribution in [1.82, 2.24) is 5.32 Å². The van der Waals surface area contributed by atoms with Crippen molar-refractivity contribution in [2.45, 2.75) is 36.5 Å². The van der Waals surface area contributed by atoms with Gasteiger partial charge in [-0.3, -0.25) is 0 Å². The van der Waals surface area contributed by atoms with E-state index in [1.807, 2.05) is 6.07 Å². The Morgan fingerprint density at radius 3 is 2.87 bits per heavy atom. The maximum Gasteiger partial charge on any atom is 0.137 e. The van der Waals surface area contributed by atoms with E-state index >= 15 is 0 Å². The van der Waals surface area contributed by atoms with Crippen LogP contribution in [0.1, 0.15) is 31.9 Å². The van der Waals surface area contributed by atoms with E-state index in [4.69, 9.17) is 0 Å². The van der Waals surface area contributed by atoms with Crippen LogP contribution < -0.4 is 5.32 Å². The van der Waals surface area contributed by atoms with E-state index in [2.05, 4.69) is 19.2 Å². The van der Waals surface area contributed by atoms with Crippen LogP contribution >= 0.6 is 11.8 Å². The Hall–Kier alpha value is -0.540. The van der Waals surface area contributed by atoms with Crippen molar-refractivity contribution in [3.8, 4) is 0 Å². The zero-order chi connectivity index (χ0) is 10.8. The number of fused-ring (bicyclic) bond motifs is 1. The highest BCUT2D eigenvalue weighted by atomic mass is 32.2. The van der Waals surface area contributed by atoms with Crippen LogP contribution in [0, 0.1) is 5.82 Å². The molecule has 1 heterocycles. The number of hydrogen-bond donors (Lipinski definition) is 1. The maximum absolute atomic E-state index is 13.6. The number of rotatable bonds is 3. The summed E-state index contributed by atoms with van der Waals surface area (Å²) in [4.78, 5) is 0.843. The molecule has 1 aliphatic heterocycles. The number of halogens is 1. The average molecular weight is 225 g/mol. The fourth-order valence-electron chi connectivity index (χ4n) is 2.09. The highest BCUT2D eigenvalue weighted by Crippen LogP contribution is 2.46. The van der Waals surface area contributed by atoms with Crippen LogP contribution in [-0.2, 0) is 0 Å². The summed E-state index contributed by atoms with van der Waals surface area (Å²) in [6.45, 7) is 5.18. The Morgan fingerprint density at radius 2 is 2.20 bits per heavy atom. The topological polar surface area (TPSA) is 12.0 Å². The van der Waals surface area contributed by atoms with Gasteiger partial charge in [-0.05, 0) is 24.6 Å². The monoisotopic (exact) mass is 225 g/mol. The van der Waals surface area contributed by atoms with Gasteiger partial charge in [0.05, 0.1) is 0 Å². The summed E-state index contributed by atoms with van der Waals surface area (Å²) >= 11 is 1.67. The molecule has 0 spiro atoms. The molecule has 1 aromatic rings. The molecule has 1 aliphatic rings. The summed E-state index contributed by atoms with van der Waals surface area (Å²) in [5, 5.41) is 3.91. The Morgan fingerprint density at radius 1 is 1.40 bits per heavy atom. The van der Waals surface area contributed by atoms with Gasteiger partial charge in [-0.2, -0.15) is 0 Å². The zero-order valence-electron chi connectivity index (χ0n) is 9.09. The lowest BCUT2D eigenvalue weighted by atomic mass is 10.0. The molecule has 0 saturated carbocycles. The summed E-state index contributed by atoms with van der Waals surface area (Å²) in [6, 6.07) is 5.70. The Kier molecular flexibility index (Phi) is 3.32. The van der Waals surface area contributed by atoms with Crippen LogP contribution in [0.2, 0.25) is 0 Å². The van der Waals surface area contributed by atoms with E-state index in [-0.39, 0.29) is 5.82 Å². The third-order valence-electron chi connectivity index (χ3n) is 2.80. The minimum Gasteiger partial charge on any atom is -0.309 e. The number of thioether (sulfide) groups is 1. The van der Waals surface area contributed by atoms with E-state index in [1.165, 1.54) is 0 Å². The van der Waals surface area contributed by atoms with Crippen LogP contribution in [-0.4, -0.2) is 11.8 Å². The quantitative estimate of drug-likeness (QED) is 0.846. The van der Waals surface area contributed by atoms with E-state index < -0.39 is 0 Å². The van der Waals surface area contributed by atoms with Gasteiger partial charge in [0.15, 0.2) is 0 Å². The molecule has 0 amide bonds. The maximum atomic E-state index is 13.6. The molecule has 3 heteroatoms. The lowest BCUT2D eigenvalue weighted by Gasteiger charge is -2.18. The van der Waals surface area contributed by atoms with E-state index in [9.17, 15) is 4.39 Å². The van der Waals surface area contributed by atoms with E-state index in [0.29, 0.717) is 11.3 Å². The summed E-state index contributed by atoms with van der Waals surface area (Å²) in [7, 11) is 0. The first-order valence-corrected chi connectivity index (χ1v) is 6.34. The summed E-state index contributed by atoms with van der Waals surface area (Å²) in [6.07, 6.45) is 1.07. The Balaban J connectivity index is 2.35. The summed E-state index contributed by atoms with van der Waals surface area (Å²) < 4.78 is 13.6. The second-order valence-electron chi connectivity index (χ2n) is 3.76. The largest absolute Gasteiger partial charge is 0.309 e. The molecule has 2 atom stereocenters. The van der Waals surface area contributed by atoms with Crippen LogP contribution in [0.3, 0.4) is 0 Å². The van der Waals surface area contributed by atoms with Gasteiger partial charge in [0.1, 0.15) is 5.82 Å². The predicted octanol–water partition coefficient (Wildman–Crippen LogP) is 3.36. The normalized spacial score (nSPS) is 24.2. The fourth-order valence-corrected chi connectivity index (χ4v) is 3.45. The Labute approximate surface area is 94.5 Å². The molecule has 82 valence electrons. The van der Waals surface area contributed by atoms with Crippen LogP contribution in [0.15, 0.2) is 23.1 Å². The third kappa shape index (κ3) is 1.91. The summed E-state index contributed by atoms with van der Waals surface area (Å²) in [5.41, 5.74) is 1.13. The molecule has 0 bridgehead atoms. The van der Waals surface area contributed by atoms with Crippen molar-refractivity contribution in [2.24, 2.45) is 0 Å².